The highest BCUT2D eigenvalue weighted by Crippen LogP contribution is 2.38. The zero-order valence-corrected chi connectivity index (χ0v) is 15.0. The molecule has 3 rings (SSSR count). The summed E-state index contributed by atoms with van der Waals surface area (Å²) in [6.07, 6.45) is 13.9. The van der Waals surface area contributed by atoms with Crippen molar-refractivity contribution >= 4 is 5.91 Å². The molecule has 0 bridgehead atoms. The quantitative estimate of drug-likeness (QED) is 0.775. The summed E-state index contributed by atoms with van der Waals surface area (Å²) >= 11 is 0. The predicted molar refractivity (Wildman–Crippen MR) is 95.6 cm³/mol. The fourth-order valence-corrected chi connectivity index (χ4v) is 4.27. The number of carbonyl (C=O) groups excluding carboxylic acids is 1. The van der Waals surface area contributed by atoms with Gasteiger partial charge in [0.05, 0.1) is 18.1 Å². The molecule has 5 heteroatoms. The summed E-state index contributed by atoms with van der Waals surface area (Å²) in [5.74, 6) is -0.114. The molecule has 1 amide bonds. The van der Waals surface area contributed by atoms with Crippen LogP contribution >= 0.6 is 0 Å². The van der Waals surface area contributed by atoms with E-state index >= 15 is 0 Å². The number of aromatic nitrogens is 1. The number of nitrogens with one attached hydrogen (secondary N) is 1. The van der Waals surface area contributed by atoms with Crippen LogP contribution in [0.1, 0.15) is 69.8 Å². The second kappa shape index (κ2) is 8.77. The summed E-state index contributed by atoms with van der Waals surface area (Å²) in [7, 11) is 0. The monoisotopic (exact) mass is 346 g/mol. The van der Waals surface area contributed by atoms with Gasteiger partial charge in [0, 0.05) is 12.4 Å². The van der Waals surface area contributed by atoms with Crippen LogP contribution in [-0.2, 0) is 16.1 Å². The van der Waals surface area contributed by atoms with Crippen molar-refractivity contribution in [3.8, 4) is 0 Å². The minimum absolute atomic E-state index is 0.0888. The number of rotatable bonds is 6. The molecule has 0 saturated heterocycles. The molecular formula is C20H30N2O3. The van der Waals surface area contributed by atoms with Crippen LogP contribution in [0.4, 0.5) is 0 Å². The Labute approximate surface area is 150 Å². The van der Waals surface area contributed by atoms with Gasteiger partial charge in [-0.05, 0) is 49.7 Å². The lowest BCUT2D eigenvalue weighted by molar-refractivity contribution is -0.149. The average molecular weight is 346 g/mol. The Morgan fingerprint density at radius 1 is 1.24 bits per heavy atom. The zero-order chi connectivity index (χ0) is 17.5. The number of amides is 1. The average Bonchev–Trinajstić information content (AvgIpc) is 2.64. The molecule has 1 aromatic rings. The highest BCUT2D eigenvalue weighted by molar-refractivity contribution is 5.76. The molecule has 2 unspecified atom stereocenters. The van der Waals surface area contributed by atoms with Crippen LogP contribution in [0.5, 0.6) is 0 Å². The fourth-order valence-electron chi connectivity index (χ4n) is 4.27. The first-order valence-corrected chi connectivity index (χ1v) is 9.71. The minimum atomic E-state index is -0.950. The fraction of sp³-hybridized carbons (Fsp3) is 0.700. The van der Waals surface area contributed by atoms with Crippen LogP contribution in [0.2, 0.25) is 0 Å². The predicted octanol–water partition coefficient (Wildman–Crippen LogP) is 3.32. The van der Waals surface area contributed by atoms with E-state index in [1.165, 1.54) is 6.42 Å². The summed E-state index contributed by atoms with van der Waals surface area (Å²) in [5.41, 5.74) is 2.77. The standard InChI is InChI=1S/C20H30N2O3/c23-19(22-25-18-9-2-1-3-10-18)14-20(24)11-5-4-8-17(20)13-16-7-6-12-21-15-16/h6-7,12,15,17-18,24H,1-5,8-11,13-14H2,(H,22,23). The summed E-state index contributed by atoms with van der Waals surface area (Å²) < 4.78 is 0. The molecule has 2 fully saturated rings. The maximum atomic E-state index is 12.3. The Kier molecular flexibility index (Phi) is 6.43. The number of hydroxylamine groups is 1. The smallest absolute Gasteiger partial charge is 0.246 e. The van der Waals surface area contributed by atoms with Crippen molar-refractivity contribution in [2.75, 3.05) is 0 Å². The normalized spacial score (nSPS) is 27.8. The number of carbonyl (C=O) groups is 1. The Morgan fingerprint density at radius 3 is 2.80 bits per heavy atom. The van der Waals surface area contributed by atoms with E-state index in [0.717, 1.165) is 56.9 Å². The molecule has 1 heterocycles. The van der Waals surface area contributed by atoms with Gasteiger partial charge < -0.3 is 5.11 Å². The van der Waals surface area contributed by atoms with Gasteiger partial charge in [0.2, 0.25) is 5.91 Å². The SMILES string of the molecule is O=C(CC1(O)CCCCC1Cc1cccnc1)NOC1CCCCC1. The number of hydrogen-bond acceptors (Lipinski definition) is 4. The molecule has 0 radical (unpaired) electrons. The summed E-state index contributed by atoms with van der Waals surface area (Å²) in [6, 6.07) is 3.95. The van der Waals surface area contributed by atoms with Gasteiger partial charge in [0.15, 0.2) is 0 Å². The molecule has 2 atom stereocenters. The first-order chi connectivity index (χ1) is 12.2. The van der Waals surface area contributed by atoms with Crippen molar-refractivity contribution in [1.29, 1.82) is 0 Å². The van der Waals surface area contributed by atoms with E-state index in [9.17, 15) is 9.90 Å². The van der Waals surface area contributed by atoms with Crippen molar-refractivity contribution in [3.63, 3.8) is 0 Å². The third kappa shape index (κ3) is 5.25. The molecule has 0 spiro atoms. The number of pyridine rings is 1. The van der Waals surface area contributed by atoms with Crippen LogP contribution in [0, 0.1) is 5.92 Å². The largest absolute Gasteiger partial charge is 0.389 e. The summed E-state index contributed by atoms with van der Waals surface area (Å²) in [4.78, 5) is 22.1. The van der Waals surface area contributed by atoms with E-state index < -0.39 is 5.60 Å². The van der Waals surface area contributed by atoms with E-state index in [2.05, 4.69) is 10.5 Å². The number of aliphatic hydroxyl groups is 1. The van der Waals surface area contributed by atoms with Crippen molar-refractivity contribution < 1.29 is 14.7 Å². The number of hydrogen-bond donors (Lipinski definition) is 2. The van der Waals surface area contributed by atoms with Crippen LogP contribution in [0.25, 0.3) is 0 Å². The molecule has 2 N–H and O–H groups in total. The lowest BCUT2D eigenvalue weighted by atomic mass is 9.71. The van der Waals surface area contributed by atoms with Gasteiger partial charge in [0.25, 0.3) is 0 Å². The minimum Gasteiger partial charge on any atom is -0.389 e. The number of nitrogens with zero attached hydrogens (tertiary/aromatic N) is 1. The van der Waals surface area contributed by atoms with E-state index in [-0.39, 0.29) is 24.3 Å². The second-order valence-electron chi connectivity index (χ2n) is 7.69. The van der Waals surface area contributed by atoms with E-state index in [1.807, 2.05) is 18.3 Å². The molecule has 0 aliphatic heterocycles. The van der Waals surface area contributed by atoms with Gasteiger partial charge in [-0.25, -0.2) is 5.48 Å². The van der Waals surface area contributed by atoms with E-state index in [1.54, 1.807) is 6.20 Å². The van der Waals surface area contributed by atoms with Gasteiger partial charge >= 0.3 is 0 Å². The van der Waals surface area contributed by atoms with Crippen molar-refractivity contribution in [3.05, 3.63) is 30.1 Å². The topological polar surface area (TPSA) is 71.5 Å². The maximum absolute atomic E-state index is 12.3. The molecule has 1 aromatic heterocycles. The highest BCUT2D eigenvalue weighted by Gasteiger charge is 2.40. The lowest BCUT2D eigenvalue weighted by Gasteiger charge is -2.40. The van der Waals surface area contributed by atoms with Gasteiger partial charge in [-0.1, -0.05) is 38.2 Å². The summed E-state index contributed by atoms with van der Waals surface area (Å²) in [6.45, 7) is 0. The molecule has 2 aliphatic carbocycles. The molecule has 0 aromatic carbocycles. The highest BCUT2D eigenvalue weighted by atomic mass is 16.7. The molecule has 5 nitrogen and oxygen atoms in total. The van der Waals surface area contributed by atoms with Gasteiger partial charge in [-0.3, -0.25) is 14.6 Å². The second-order valence-corrected chi connectivity index (χ2v) is 7.69. The van der Waals surface area contributed by atoms with Gasteiger partial charge in [0.1, 0.15) is 0 Å². The van der Waals surface area contributed by atoms with E-state index in [0.29, 0.717) is 6.42 Å². The van der Waals surface area contributed by atoms with Crippen LogP contribution in [-0.4, -0.2) is 27.7 Å². The van der Waals surface area contributed by atoms with Crippen molar-refractivity contribution in [1.82, 2.24) is 10.5 Å². The van der Waals surface area contributed by atoms with Gasteiger partial charge in [-0.2, -0.15) is 0 Å². The first-order valence-electron chi connectivity index (χ1n) is 9.71. The third-order valence-electron chi connectivity index (χ3n) is 5.74. The van der Waals surface area contributed by atoms with Crippen molar-refractivity contribution in [2.24, 2.45) is 5.92 Å². The van der Waals surface area contributed by atoms with E-state index in [4.69, 9.17) is 4.84 Å². The van der Waals surface area contributed by atoms with Crippen LogP contribution in [0.3, 0.4) is 0 Å². The van der Waals surface area contributed by atoms with Crippen molar-refractivity contribution in [2.45, 2.75) is 82.3 Å². The molecule has 2 aliphatic rings. The maximum Gasteiger partial charge on any atom is 0.246 e. The molecule has 2 saturated carbocycles. The Balaban J connectivity index is 1.54. The zero-order valence-electron chi connectivity index (χ0n) is 15.0. The Bertz CT molecular complexity index is 545. The molecule has 138 valence electrons. The Morgan fingerprint density at radius 2 is 2.04 bits per heavy atom. The molecular weight excluding hydrogens is 316 g/mol. The third-order valence-corrected chi connectivity index (χ3v) is 5.74. The lowest BCUT2D eigenvalue weighted by Crippen LogP contribution is -2.46. The molecule has 25 heavy (non-hydrogen) atoms. The van der Waals surface area contributed by atoms with Crippen LogP contribution < -0.4 is 5.48 Å². The Hall–Kier alpha value is -1.46. The summed E-state index contributed by atoms with van der Waals surface area (Å²) in [5, 5.41) is 11.2. The first kappa shape index (κ1) is 18.3. The van der Waals surface area contributed by atoms with Gasteiger partial charge in [-0.15, -0.1) is 0 Å². The van der Waals surface area contributed by atoms with Crippen LogP contribution in [0.15, 0.2) is 24.5 Å².